The van der Waals surface area contributed by atoms with Gasteiger partial charge in [0.2, 0.25) is 0 Å². The summed E-state index contributed by atoms with van der Waals surface area (Å²) in [6.07, 6.45) is 3.49. The second kappa shape index (κ2) is 7.70. The molecule has 0 saturated heterocycles. The summed E-state index contributed by atoms with van der Waals surface area (Å²) in [4.78, 5) is 4.10. The van der Waals surface area contributed by atoms with Crippen molar-refractivity contribution in [3.8, 4) is 0 Å². The first-order valence-corrected chi connectivity index (χ1v) is 8.23. The number of aryl methyl sites for hydroxylation is 1. The molecule has 0 aliphatic rings. The lowest BCUT2D eigenvalue weighted by Gasteiger charge is -2.23. The smallest absolute Gasteiger partial charge is 0.171 e. The van der Waals surface area contributed by atoms with E-state index in [0.717, 1.165) is 5.69 Å². The number of nitrogens with one attached hydrogen (secondary N) is 2. The van der Waals surface area contributed by atoms with Gasteiger partial charge in [-0.3, -0.25) is 4.98 Å². The average Bonchev–Trinajstić information content (AvgIpc) is 2.62. The van der Waals surface area contributed by atoms with Crippen molar-refractivity contribution in [1.82, 2.24) is 10.3 Å². The minimum atomic E-state index is -0.0101. The van der Waals surface area contributed by atoms with E-state index in [-0.39, 0.29) is 6.04 Å². The molecule has 0 aliphatic carbocycles. The highest BCUT2D eigenvalue weighted by Crippen LogP contribution is 2.25. The maximum absolute atomic E-state index is 5.51. The summed E-state index contributed by atoms with van der Waals surface area (Å²) in [5.74, 6) is 0. The highest BCUT2D eigenvalue weighted by Gasteiger charge is 2.16. The molecule has 0 saturated carbocycles. The molecule has 3 nitrogen and oxygen atoms in total. The predicted molar refractivity (Wildman–Crippen MR) is 103 cm³/mol. The zero-order chi connectivity index (χ0) is 16.8. The molecule has 0 radical (unpaired) electrons. The third-order valence-electron chi connectivity index (χ3n) is 3.83. The first-order valence-electron chi connectivity index (χ1n) is 7.82. The summed E-state index contributed by atoms with van der Waals surface area (Å²) >= 11 is 5.51. The molecule has 2 aromatic carbocycles. The average molecular weight is 333 g/mol. The highest BCUT2D eigenvalue weighted by molar-refractivity contribution is 7.80. The van der Waals surface area contributed by atoms with Crippen LogP contribution in [0.3, 0.4) is 0 Å². The number of pyridine rings is 1. The zero-order valence-electron chi connectivity index (χ0n) is 13.4. The Morgan fingerprint density at radius 2 is 1.71 bits per heavy atom. The van der Waals surface area contributed by atoms with E-state index in [0.29, 0.717) is 5.11 Å². The molecule has 0 unspecified atom stereocenters. The Bertz CT molecular complexity index is 803. The zero-order valence-corrected chi connectivity index (χ0v) is 14.3. The first-order chi connectivity index (χ1) is 11.7. The van der Waals surface area contributed by atoms with Crippen LogP contribution in [-0.4, -0.2) is 10.1 Å². The molecule has 24 heavy (non-hydrogen) atoms. The number of nitrogens with zero attached hydrogens (tertiary/aromatic N) is 1. The largest absolute Gasteiger partial charge is 0.352 e. The van der Waals surface area contributed by atoms with Gasteiger partial charge in [-0.05, 0) is 48.0 Å². The van der Waals surface area contributed by atoms with Gasteiger partial charge in [-0.2, -0.15) is 0 Å². The van der Waals surface area contributed by atoms with Crippen LogP contribution < -0.4 is 10.6 Å². The van der Waals surface area contributed by atoms with E-state index in [1.807, 2.05) is 36.4 Å². The van der Waals surface area contributed by atoms with Crippen LogP contribution in [0.5, 0.6) is 0 Å². The van der Waals surface area contributed by atoms with Crippen LogP contribution in [-0.2, 0) is 0 Å². The van der Waals surface area contributed by atoms with Crippen LogP contribution in [0.2, 0.25) is 0 Å². The molecule has 0 amide bonds. The van der Waals surface area contributed by atoms with Crippen molar-refractivity contribution in [3.63, 3.8) is 0 Å². The van der Waals surface area contributed by atoms with Crippen LogP contribution in [0.15, 0.2) is 79.1 Å². The van der Waals surface area contributed by atoms with Crippen LogP contribution in [0.25, 0.3) is 0 Å². The van der Waals surface area contributed by atoms with E-state index in [9.17, 15) is 0 Å². The quantitative estimate of drug-likeness (QED) is 0.691. The van der Waals surface area contributed by atoms with Crippen molar-refractivity contribution in [3.05, 3.63) is 95.8 Å². The van der Waals surface area contributed by atoms with Gasteiger partial charge in [-0.15, -0.1) is 0 Å². The molecule has 0 aliphatic heterocycles. The second-order valence-electron chi connectivity index (χ2n) is 5.54. The highest BCUT2D eigenvalue weighted by atomic mass is 32.1. The predicted octanol–water partition coefficient (Wildman–Crippen LogP) is 4.47. The second-order valence-corrected chi connectivity index (χ2v) is 5.95. The number of benzene rings is 2. The van der Waals surface area contributed by atoms with Crippen molar-refractivity contribution in [1.29, 1.82) is 0 Å². The standard InChI is InChI=1S/C20H19N3S/c1-15-8-5-6-12-18(15)19(16-9-3-2-4-10-16)23-20(24)22-17-11-7-13-21-14-17/h2-14,19H,1H3,(H2,22,23,24)/t19-/m1/s1. The fourth-order valence-corrected chi connectivity index (χ4v) is 2.87. The molecule has 2 N–H and O–H groups in total. The molecule has 0 bridgehead atoms. The fraction of sp³-hybridized carbons (Fsp3) is 0.100. The maximum Gasteiger partial charge on any atom is 0.171 e. The minimum Gasteiger partial charge on any atom is -0.352 e. The summed E-state index contributed by atoms with van der Waals surface area (Å²) in [6, 6.07) is 22.5. The van der Waals surface area contributed by atoms with Crippen LogP contribution in [0.1, 0.15) is 22.7 Å². The van der Waals surface area contributed by atoms with Crippen LogP contribution in [0, 0.1) is 6.92 Å². The monoisotopic (exact) mass is 333 g/mol. The normalized spacial score (nSPS) is 11.5. The Kier molecular flexibility index (Phi) is 5.18. The summed E-state index contributed by atoms with van der Waals surface area (Å²) in [7, 11) is 0. The van der Waals surface area contributed by atoms with Gasteiger partial charge in [0.15, 0.2) is 5.11 Å². The van der Waals surface area contributed by atoms with Gasteiger partial charge >= 0.3 is 0 Å². The molecule has 0 spiro atoms. The van der Waals surface area contributed by atoms with Gasteiger partial charge in [0.05, 0.1) is 17.9 Å². The van der Waals surface area contributed by atoms with Gasteiger partial charge in [-0.25, -0.2) is 0 Å². The molecule has 1 aromatic heterocycles. The van der Waals surface area contributed by atoms with E-state index in [4.69, 9.17) is 12.2 Å². The first kappa shape index (κ1) is 16.1. The van der Waals surface area contributed by atoms with E-state index in [2.05, 4.69) is 52.9 Å². The molecular weight excluding hydrogens is 314 g/mol. The SMILES string of the molecule is Cc1ccccc1[C@H](NC(=S)Nc1cccnc1)c1ccccc1. The van der Waals surface area contributed by atoms with E-state index >= 15 is 0 Å². The number of anilines is 1. The number of rotatable bonds is 4. The van der Waals surface area contributed by atoms with Gasteiger partial charge in [-0.1, -0.05) is 54.6 Å². The Morgan fingerprint density at radius 1 is 0.958 bits per heavy atom. The van der Waals surface area contributed by atoms with Crippen molar-refractivity contribution < 1.29 is 0 Å². The van der Waals surface area contributed by atoms with Crippen LogP contribution in [0.4, 0.5) is 5.69 Å². The lowest BCUT2D eigenvalue weighted by molar-refractivity contribution is 0.762. The fourth-order valence-electron chi connectivity index (χ4n) is 2.63. The topological polar surface area (TPSA) is 37.0 Å². The molecule has 4 heteroatoms. The number of aromatic nitrogens is 1. The Morgan fingerprint density at radius 3 is 2.42 bits per heavy atom. The maximum atomic E-state index is 5.51. The lowest BCUT2D eigenvalue weighted by Crippen LogP contribution is -2.33. The lowest BCUT2D eigenvalue weighted by atomic mass is 9.95. The third kappa shape index (κ3) is 3.97. The minimum absolute atomic E-state index is 0.0101. The Balaban J connectivity index is 1.86. The van der Waals surface area contributed by atoms with E-state index < -0.39 is 0 Å². The van der Waals surface area contributed by atoms with Gasteiger partial charge in [0.25, 0.3) is 0 Å². The van der Waals surface area contributed by atoms with Crippen molar-refractivity contribution in [2.24, 2.45) is 0 Å². The van der Waals surface area contributed by atoms with Crippen LogP contribution >= 0.6 is 12.2 Å². The number of hydrogen-bond acceptors (Lipinski definition) is 2. The Labute approximate surface area is 147 Å². The summed E-state index contributed by atoms with van der Waals surface area (Å²) in [6.45, 7) is 2.12. The Hall–Kier alpha value is -2.72. The molecule has 0 fully saturated rings. The van der Waals surface area contributed by atoms with Crippen molar-refractivity contribution in [2.45, 2.75) is 13.0 Å². The van der Waals surface area contributed by atoms with E-state index in [1.54, 1.807) is 12.4 Å². The molecular formula is C20H19N3S. The molecule has 1 heterocycles. The van der Waals surface area contributed by atoms with Crippen molar-refractivity contribution >= 4 is 23.0 Å². The summed E-state index contributed by atoms with van der Waals surface area (Å²) in [5.41, 5.74) is 4.47. The molecule has 3 aromatic rings. The van der Waals surface area contributed by atoms with Gasteiger partial charge in [0.1, 0.15) is 0 Å². The molecule has 1 atom stereocenters. The van der Waals surface area contributed by atoms with E-state index in [1.165, 1.54) is 16.7 Å². The van der Waals surface area contributed by atoms with Crippen molar-refractivity contribution in [2.75, 3.05) is 5.32 Å². The number of thiocarbonyl (C=S) groups is 1. The summed E-state index contributed by atoms with van der Waals surface area (Å²) in [5, 5.41) is 7.19. The summed E-state index contributed by atoms with van der Waals surface area (Å²) < 4.78 is 0. The van der Waals surface area contributed by atoms with Gasteiger partial charge < -0.3 is 10.6 Å². The molecule has 120 valence electrons. The molecule has 3 rings (SSSR count). The third-order valence-corrected chi connectivity index (χ3v) is 4.05. The van der Waals surface area contributed by atoms with Gasteiger partial charge in [0, 0.05) is 6.20 Å². The number of hydrogen-bond donors (Lipinski definition) is 2.